The summed E-state index contributed by atoms with van der Waals surface area (Å²) < 4.78 is 11.2. The highest BCUT2D eigenvalue weighted by Gasteiger charge is 2.45. The topological polar surface area (TPSA) is 134 Å². The second kappa shape index (κ2) is 15.0. The number of ether oxygens (including phenoxy) is 2. The van der Waals surface area contributed by atoms with Crippen LogP contribution < -0.4 is 10.6 Å². The van der Waals surface area contributed by atoms with Gasteiger partial charge in [0.2, 0.25) is 11.8 Å². The Hall–Kier alpha value is -4.08. The molecule has 0 aliphatic heterocycles. The van der Waals surface area contributed by atoms with Gasteiger partial charge in [0.15, 0.2) is 0 Å². The second-order valence-electron chi connectivity index (χ2n) is 14.5. The van der Waals surface area contributed by atoms with Crippen LogP contribution in [0.25, 0.3) is 0 Å². The van der Waals surface area contributed by atoms with Crippen LogP contribution in [0.2, 0.25) is 0 Å². The van der Waals surface area contributed by atoms with Crippen molar-refractivity contribution >= 4 is 23.9 Å². The average Bonchev–Trinajstić information content (AvgIpc) is 3.76. The lowest BCUT2D eigenvalue weighted by Crippen LogP contribution is -2.55. The molecule has 1 aliphatic carbocycles. The highest BCUT2D eigenvalue weighted by molar-refractivity contribution is 5.94. The number of alkyl carbamates (subject to hydrolysis) is 1. The van der Waals surface area contributed by atoms with Crippen LogP contribution in [-0.4, -0.2) is 63.2 Å². The van der Waals surface area contributed by atoms with Gasteiger partial charge in [-0.05, 0) is 102 Å². The number of aromatic hydroxyl groups is 1. The fourth-order valence-electron chi connectivity index (χ4n) is 5.15. The molecule has 0 spiro atoms. The van der Waals surface area contributed by atoms with Gasteiger partial charge in [0.25, 0.3) is 0 Å². The Morgan fingerprint density at radius 2 is 1.50 bits per heavy atom. The van der Waals surface area contributed by atoms with E-state index in [-0.39, 0.29) is 24.1 Å². The third-order valence-corrected chi connectivity index (χ3v) is 7.24. The fraction of sp³-hybridized carbons (Fsp3) is 0.556. The van der Waals surface area contributed by atoms with Crippen LogP contribution in [0.3, 0.4) is 0 Å². The molecular weight excluding hydrogens is 586 g/mol. The van der Waals surface area contributed by atoms with E-state index in [1.165, 1.54) is 11.0 Å². The smallest absolute Gasteiger partial charge is 0.408 e. The first kappa shape index (κ1) is 36.4. The van der Waals surface area contributed by atoms with E-state index in [1.54, 1.807) is 60.6 Å². The van der Waals surface area contributed by atoms with Crippen LogP contribution in [0.5, 0.6) is 5.75 Å². The maximum atomic E-state index is 14.5. The van der Waals surface area contributed by atoms with Gasteiger partial charge in [0, 0.05) is 12.5 Å². The molecule has 1 saturated carbocycles. The number of nitrogens with one attached hydrogen (secondary N) is 2. The van der Waals surface area contributed by atoms with Gasteiger partial charge in [0.05, 0.1) is 0 Å². The van der Waals surface area contributed by atoms with E-state index in [1.807, 2.05) is 44.2 Å². The first-order valence-corrected chi connectivity index (χ1v) is 16.0. The number of hydrogen-bond acceptors (Lipinski definition) is 7. The van der Waals surface area contributed by atoms with Crippen LogP contribution in [0.4, 0.5) is 4.79 Å². The van der Waals surface area contributed by atoms with Crippen molar-refractivity contribution in [2.45, 2.75) is 123 Å². The lowest BCUT2D eigenvalue weighted by molar-refractivity contribution is -0.159. The molecule has 3 unspecified atom stereocenters. The summed E-state index contributed by atoms with van der Waals surface area (Å²) in [6.45, 7) is 16.1. The molecule has 0 bridgehead atoms. The lowest BCUT2D eigenvalue weighted by atomic mass is 9.97. The maximum absolute atomic E-state index is 14.5. The number of phenolic OH excluding ortho intramolecular Hbond substituents is 1. The zero-order chi connectivity index (χ0) is 34.4. The Labute approximate surface area is 273 Å². The molecule has 0 saturated heterocycles. The van der Waals surface area contributed by atoms with Gasteiger partial charge >= 0.3 is 12.1 Å². The van der Waals surface area contributed by atoms with Crippen LogP contribution in [-0.2, 0) is 30.3 Å². The molecule has 1 fully saturated rings. The fourth-order valence-corrected chi connectivity index (χ4v) is 5.15. The molecule has 0 aromatic heterocycles. The third-order valence-electron chi connectivity index (χ3n) is 7.24. The summed E-state index contributed by atoms with van der Waals surface area (Å²) in [5.74, 6) is -1.51. The van der Waals surface area contributed by atoms with Crippen molar-refractivity contribution in [2.75, 3.05) is 0 Å². The largest absolute Gasteiger partial charge is 0.508 e. The Kier molecular flexibility index (Phi) is 11.9. The Morgan fingerprint density at radius 1 is 0.891 bits per heavy atom. The molecule has 46 heavy (non-hydrogen) atoms. The molecule has 3 rings (SSSR count). The quantitative estimate of drug-likeness (QED) is 0.253. The van der Waals surface area contributed by atoms with E-state index in [4.69, 9.17) is 9.47 Å². The number of aryl methyl sites for hydroxylation is 1. The number of esters is 1. The van der Waals surface area contributed by atoms with Gasteiger partial charge in [-0.1, -0.05) is 50.2 Å². The molecule has 3 amide bonds. The van der Waals surface area contributed by atoms with Gasteiger partial charge in [-0.2, -0.15) is 0 Å². The van der Waals surface area contributed by atoms with Crippen molar-refractivity contribution in [1.29, 1.82) is 0 Å². The minimum Gasteiger partial charge on any atom is -0.508 e. The molecule has 3 atom stereocenters. The monoisotopic (exact) mass is 637 g/mol. The Morgan fingerprint density at radius 3 is 2.02 bits per heavy atom. The van der Waals surface area contributed by atoms with Crippen molar-refractivity contribution in [3.63, 3.8) is 0 Å². The predicted molar refractivity (Wildman–Crippen MR) is 176 cm³/mol. The highest BCUT2D eigenvalue weighted by Crippen LogP contribution is 2.37. The molecule has 0 radical (unpaired) electrons. The molecule has 10 nitrogen and oxygen atoms in total. The Balaban J connectivity index is 2.06. The number of carbonyl (C=O) groups excluding carboxylic acids is 4. The summed E-state index contributed by atoms with van der Waals surface area (Å²) in [5.41, 5.74) is 0.253. The SMILES string of the molecule is Cc1cc(C(C(=O)NC(Cc2ccccc2)C(=O)OC(C)(C)C)N(C(=O)C(CC(C)C)NC(=O)OC(C)(C)C)C2CC2)ccc1O. The van der Waals surface area contributed by atoms with E-state index < -0.39 is 53.2 Å². The number of benzene rings is 2. The summed E-state index contributed by atoms with van der Waals surface area (Å²) in [4.78, 5) is 56.8. The van der Waals surface area contributed by atoms with Crippen molar-refractivity contribution in [2.24, 2.45) is 5.92 Å². The van der Waals surface area contributed by atoms with Crippen LogP contribution in [0.15, 0.2) is 48.5 Å². The number of hydrogen-bond donors (Lipinski definition) is 3. The zero-order valence-electron chi connectivity index (χ0n) is 28.7. The molecule has 10 heteroatoms. The minimum atomic E-state index is -1.16. The number of phenols is 1. The predicted octanol–water partition coefficient (Wildman–Crippen LogP) is 5.74. The van der Waals surface area contributed by atoms with E-state index in [9.17, 15) is 24.3 Å². The van der Waals surface area contributed by atoms with Gasteiger partial charge in [-0.25, -0.2) is 9.59 Å². The van der Waals surface area contributed by atoms with Crippen molar-refractivity contribution < 1.29 is 33.8 Å². The average molecular weight is 638 g/mol. The summed E-state index contributed by atoms with van der Waals surface area (Å²) in [6.07, 6.45) is 1.12. The molecule has 0 heterocycles. The maximum Gasteiger partial charge on any atom is 0.408 e. The van der Waals surface area contributed by atoms with Crippen LogP contribution in [0.1, 0.15) is 97.4 Å². The van der Waals surface area contributed by atoms with E-state index in [2.05, 4.69) is 10.6 Å². The standard InChI is InChI=1S/C36H51N3O7/c1-22(2)19-27(38-34(44)46-36(7,8)9)32(42)39(26-16-17-26)30(25-15-18-29(40)23(3)20-25)31(41)37-28(33(43)45-35(4,5)6)21-24-13-11-10-12-14-24/h10-15,18,20,22,26-28,30,40H,16-17,19,21H2,1-9H3,(H,37,41)(H,38,44). The molecule has 252 valence electrons. The molecular formula is C36H51N3O7. The van der Waals surface area contributed by atoms with Crippen molar-refractivity contribution in [3.05, 3.63) is 65.2 Å². The van der Waals surface area contributed by atoms with Gasteiger partial charge in [0.1, 0.15) is 35.1 Å². The lowest BCUT2D eigenvalue weighted by Gasteiger charge is -2.36. The molecule has 3 N–H and O–H groups in total. The van der Waals surface area contributed by atoms with Crippen LogP contribution in [0, 0.1) is 12.8 Å². The number of rotatable bonds is 12. The summed E-state index contributed by atoms with van der Waals surface area (Å²) >= 11 is 0. The molecule has 1 aliphatic rings. The first-order valence-electron chi connectivity index (χ1n) is 16.0. The number of amides is 3. The van der Waals surface area contributed by atoms with Gasteiger partial charge < -0.3 is 30.1 Å². The summed E-state index contributed by atoms with van der Waals surface area (Å²) in [7, 11) is 0. The first-order chi connectivity index (χ1) is 21.3. The molecule has 2 aromatic carbocycles. The second-order valence-corrected chi connectivity index (χ2v) is 14.5. The minimum absolute atomic E-state index is 0.0376. The normalized spacial score (nSPS) is 15.3. The van der Waals surface area contributed by atoms with Crippen molar-refractivity contribution in [3.8, 4) is 5.75 Å². The van der Waals surface area contributed by atoms with Gasteiger partial charge in [-0.3, -0.25) is 9.59 Å². The third kappa shape index (κ3) is 11.1. The van der Waals surface area contributed by atoms with E-state index in [0.717, 1.165) is 5.56 Å². The van der Waals surface area contributed by atoms with Crippen LogP contribution >= 0.6 is 0 Å². The summed E-state index contributed by atoms with van der Waals surface area (Å²) in [5, 5.41) is 16.0. The van der Waals surface area contributed by atoms with Crippen molar-refractivity contribution in [1.82, 2.24) is 15.5 Å². The zero-order valence-corrected chi connectivity index (χ0v) is 28.7. The highest BCUT2D eigenvalue weighted by atomic mass is 16.6. The van der Waals surface area contributed by atoms with E-state index >= 15 is 0 Å². The Bertz CT molecular complexity index is 1370. The van der Waals surface area contributed by atoms with Gasteiger partial charge in [-0.15, -0.1) is 0 Å². The number of nitrogens with zero attached hydrogens (tertiary/aromatic N) is 1. The van der Waals surface area contributed by atoms with E-state index in [0.29, 0.717) is 30.4 Å². The number of carbonyl (C=O) groups is 4. The summed E-state index contributed by atoms with van der Waals surface area (Å²) in [6, 6.07) is 10.6. The molecule has 2 aromatic rings.